The standard InChI is InChI=1S/C15H14N4O5/c1-7-4-8(2)6-9(5-7)18-13(20)10-11(15(22)24-3)16-19(17-23)12(10)14(18)21/h4-6,10,12H,1-3H3/t10-,12-/m0/s1. The lowest BCUT2D eigenvalue weighted by Gasteiger charge is -2.17. The molecule has 0 radical (unpaired) electrons. The van der Waals surface area contributed by atoms with Crippen LogP contribution in [0.5, 0.6) is 0 Å². The van der Waals surface area contributed by atoms with Crippen LogP contribution in [0.4, 0.5) is 5.69 Å². The van der Waals surface area contributed by atoms with E-state index in [1.807, 2.05) is 19.9 Å². The number of imide groups is 1. The molecular weight excluding hydrogens is 316 g/mol. The van der Waals surface area contributed by atoms with Crippen molar-refractivity contribution in [1.82, 2.24) is 5.12 Å². The molecule has 0 aliphatic carbocycles. The maximum atomic E-state index is 12.8. The SMILES string of the molecule is COC(=O)C1=NN(N=O)[C@@H]2C(=O)N(c3cc(C)cc(C)c3)C(=O)[C@@H]12. The molecule has 3 rings (SSSR count). The highest BCUT2D eigenvalue weighted by molar-refractivity contribution is 6.46. The first-order valence-corrected chi connectivity index (χ1v) is 7.14. The number of hydrazone groups is 1. The molecule has 2 heterocycles. The van der Waals surface area contributed by atoms with Crippen LogP contribution in [-0.2, 0) is 19.1 Å². The van der Waals surface area contributed by atoms with E-state index in [1.165, 1.54) is 0 Å². The van der Waals surface area contributed by atoms with Crippen molar-refractivity contribution in [1.29, 1.82) is 0 Å². The number of hydrogen-bond acceptors (Lipinski definition) is 7. The minimum Gasteiger partial charge on any atom is -0.464 e. The van der Waals surface area contributed by atoms with Crippen molar-refractivity contribution in [3.63, 3.8) is 0 Å². The number of aryl methyl sites for hydroxylation is 2. The number of methoxy groups -OCH3 is 1. The maximum absolute atomic E-state index is 12.8. The number of rotatable bonds is 3. The lowest BCUT2D eigenvalue weighted by Crippen LogP contribution is -2.36. The van der Waals surface area contributed by atoms with Crippen LogP contribution in [0, 0.1) is 24.7 Å². The number of benzene rings is 1. The van der Waals surface area contributed by atoms with Crippen LogP contribution in [0.25, 0.3) is 0 Å². The second-order valence-electron chi connectivity index (χ2n) is 5.66. The number of carbonyl (C=O) groups excluding carboxylic acids is 3. The highest BCUT2D eigenvalue weighted by Gasteiger charge is 2.59. The van der Waals surface area contributed by atoms with Crippen molar-refractivity contribution in [3.8, 4) is 0 Å². The smallest absolute Gasteiger partial charge is 0.355 e. The molecule has 1 fully saturated rings. The Morgan fingerprint density at radius 1 is 1.17 bits per heavy atom. The van der Waals surface area contributed by atoms with Crippen molar-refractivity contribution >= 4 is 29.2 Å². The fourth-order valence-corrected chi connectivity index (χ4v) is 3.07. The van der Waals surface area contributed by atoms with E-state index < -0.39 is 29.7 Å². The first kappa shape index (κ1) is 15.8. The third kappa shape index (κ3) is 2.16. The van der Waals surface area contributed by atoms with Crippen LogP contribution >= 0.6 is 0 Å². The van der Waals surface area contributed by atoms with Crippen molar-refractivity contribution in [2.45, 2.75) is 19.9 Å². The Labute approximate surface area is 136 Å². The zero-order valence-electron chi connectivity index (χ0n) is 13.2. The number of ether oxygens (including phenoxy) is 1. The Morgan fingerprint density at radius 2 is 1.79 bits per heavy atom. The van der Waals surface area contributed by atoms with Gasteiger partial charge in [-0.15, -0.1) is 15.1 Å². The summed E-state index contributed by atoms with van der Waals surface area (Å²) in [6.07, 6.45) is 0. The van der Waals surface area contributed by atoms with E-state index in [9.17, 15) is 19.3 Å². The molecule has 2 aliphatic rings. The summed E-state index contributed by atoms with van der Waals surface area (Å²) in [5.74, 6) is -3.37. The van der Waals surface area contributed by atoms with Crippen LogP contribution in [-0.4, -0.2) is 41.8 Å². The highest BCUT2D eigenvalue weighted by atomic mass is 16.5. The predicted octanol–water partition coefficient (Wildman–Crippen LogP) is 0.687. The van der Waals surface area contributed by atoms with Gasteiger partial charge in [-0.1, -0.05) is 6.07 Å². The largest absolute Gasteiger partial charge is 0.464 e. The van der Waals surface area contributed by atoms with Gasteiger partial charge < -0.3 is 4.74 Å². The molecule has 2 aliphatic heterocycles. The molecular formula is C15H14N4O5. The highest BCUT2D eigenvalue weighted by Crippen LogP contribution is 2.36. The fraction of sp³-hybridized carbons (Fsp3) is 0.333. The summed E-state index contributed by atoms with van der Waals surface area (Å²) in [5.41, 5.74) is 1.82. The Morgan fingerprint density at radius 3 is 2.33 bits per heavy atom. The van der Waals surface area contributed by atoms with Gasteiger partial charge in [0.05, 0.1) is 18.1 Å². The molecule has 9 nitrogen and oxygen atoms in total. The minimum atomic E-state index is -1.26. The number of hydrogen-bond donors (Lipinski definition) is 0. The van der Waals surface area contributed by atoms with Gasteiger partial charge in [-0.25, -0.2) is 9.69 Å². The van der Waals surface area contributed by atoms with Gasteiger partial charge in [0.25, 0.3) is 5.91 Å². The van der Waals surface area contributed by atoms with Gasteiger partial charge in [0, 0.05) is 0 Å². The second kappa shape index (κ2) is 5.52. The monoisotopic (exact) mass is 330 g/mol. The number of nitroso groups, excluding NO2 is 1. The average molecular weight is 330 g/mol. The summed E-state index contributed by atoms with van der Waals surface area (Å²) in [7, 11) is 1.12. The van der Waals surface area contributed by atoms with Crippen LogP contribution < -0.4 is 4.90 Å². The van der Waals surface area contributed by atoms with E-state index in [0.29, 0.717) is 10.8 Å². The summed E-state index contributed by atoms with van der Waals surface area (Å²) in [4.78, 5) is 49.2. The van der Waals surface area contributed by atoms with Crippen molar-refractivity contribution in [2.75, 3.05) is 12.0 Å². The van der Waals surface area contributed by atoms with Gasteiger partial charge >= 0.3 is 5.97 Å². The Kier molecular flexibility index (Phi) is 3.63. The molecule has 1 saturated heterocycles. The summed E-state index contributed by atoms with van der Waals surface area (Å²) in [6.45, 7) is 3.67. The quantitative estimate of drug-likeness (QED) is 0.458. The number of carbonyl (C=O) groups is 3. The summed E-state index contributed by atoms with van der Waals surface area (Å²) < 4.78 is 4.58. The molecule has 124 valence electrons. The number of nitrogens with zero attached hydrogens (tertiary/aromatic N) is 4. The Bertz CT molecular complexity index is 783. The van der Waals surface area contributed by atoms with Gasteiger partial charge in [0.15, 0.2) is 11.8 Å². The van der Waals surface area contributed by atoms with Crippen molar-refractivity contribution < 1.29 is 19.1 Å². The van der Waals surface area contributed by atoms with Crippen molar-refractivity contribution in [3.05, 3.63) is 34.2 Å². The molecule has 2 amide bonds. The van der Waals surface area contributed by atoms with Gasteiger partial charge in [0.2, 0.25) is 5.91 Å². The normalized spacial score (nSPS) is 22.5. The lowest BCUT2D eigenvalue weighted by atomic mass is 9.98. The number of fused-ring (bicyclic) bond motifs is 1. The molecule has 0 spiro atoms. The van der Waals surface area contributed by atoms with E-state index in [4.69, 9.17) is 0 Å². The molecule has 0 bridgehead atoms. The first-order chi connectivity index (χ1) is 11.4. The molecule has 24 heavy (non-hydrogen) atoms. The lowest BCUT2D eigenvalue weighted by molar-refractivity contribution is -0.133. The van der Waals surface area contributed by atoms with Gasteiger partial charge in [0.1, 0.15) is 5.92 Å². The predicted molar refractivity (Wildman–Crippen MR) is 82.8 cm³/mol. The van der Waals surface area contributed by atoms with Crippen LogP contribution in [0.15, 0.2) is 28.6 Å². The van der Waals surface area contributed by atoms with Gasteiger partial charge in [-0.2, -0.15) is 0 Å². The molecule has 0 N–H and O–H groups in total. The Balaban J connectivity index is 2.07. The molecule has 1 aromatic rings. The van der Waals surface area contributed by atoms with Gasteiger partial charge in [-0.05, 0) is 37.1 Å². The molecule has 0 saturated carbocycles. The maximum Gasteiger partial charge on any atom is 0.355 e. The molecule has 9 heteroatoms. The van der Waals surface area contributed by atoms with Crippen LogP contribution in [0.2, 0.25) is 0 Å². The first-order valence-electron chi connectivity index (χ1n) is 7.14. The molecule has 1 aromatic carbocycles. The average Bonchev–Trinajstić information content (AvgIpc) is 3.03. The topological polar surface area (TPSA) is 109 Å². The molecule has 2 atom stereocenters. The summed E-state index contributed by atoms with van der Waals surface area (Å²) in [5, 5.41) is 6.84. The Hall–Kier alpha value is -3.10. The minimum absolute atomic E-state index is 0.299. The zero-order chi connectivity index (χ0) is 17.6. The number of anilines is 1. The zero-order valence-corrected chi connectivity index (χ0v) is 13.2. The van der Waals surface area contributed by atoms with Crippen molar-refractivity contribution in [2.24, 2.45) is 16.3 Å². The molecule has 0 aromatic heterocycles. The van der Waals surface area contributed by atoms with E-state index in [1.54, 1.807) is 12.1 Å². The molecule has 0 unspecified atom stereocenters. The van der Waals surface area contributed by atoms with E-state index in [0.717, 1.165) is 23.1 Å². The van der Waals surface area contributed by atoms with E-state index in [-0.39, 0.29) is 5.71 Å². The summed E-state index contributed by atoms with van der Waals surface area (Å²) in [6, 6.07) is 4.00. The fourth-order valence-electron chi connectivity index (χ4n) is 3.07. The van der Waals surface area contributed by atoms with E-state index in [2.05, 4.69) is 15.1 Å². The third-order valence-corrected chi connectivity index (χ3v) is 3.97. The second-order valence-corrected chi connectivity index (χ2v) is 5.66. The van der Waals surface area contributed by atoms with E-state index >= 15 is 0 Å². The van der Waals surface area contributed by atoms with Gasteiger partial charge in [-0.3, -0.25) is 9.59 Å². The summed E-state index contributed by atoms with van der Waals surface area (Å²) >= 11 is 0. The number of amides is 2. The third-order valence-electron chi connectivity index (χ3n) is 3.97. The van der Waals surface area contributed by atoms with Crippen LogP contribution in [0.3, 0.4) is 0 Å². The number of esters is 1. The van der Waals surface area contributed by atoms with Crippen LogP contribution in [0.1, 0.15) is 11.1 Å².